The van der Waals surface area contributed by atoms with E-state index in [1.807, 2.05) is 25.7 Å². The Kier molecular flexibility index (Phi) is 5.75. The number of rotatable bonds is 5. The second kappa shape index (κ2) is 6.86. The summed E-state index contributed by atoms with van der Waals surface area (Å²) in [5.74, 6) is -1.46. The fourth-order valence-electron chi connectivity index (χ4n) is 2.20. The van der Waals surface area contributed by atoms with E-state index in [9.17, 15) is 9.59 Å². The maximum absolute atomic E-state index is 12.1. The topological polar surface area (TPSA) is 78.9 Å². The summed E-state index contributed by atoms with van der Waals surface area (Å²) in [6, 6.07) is -0.555. The second-order valence-electron chi connectivity index (χ2n) is 5.36. The Labute approximate surface area is 114 Å². The number of nitrogens with zero attached hydrogens (tertiary/aromatic N) is 1. The molecule has 0 radical (unpaired) electrons. The van der Waals surface area contributed by atoms with Gasteiger partial charge in [-0.2, -0.15) is 0 Å². The predicted octanol–water partition coefficient (Wildman–Crippen LogP) is 0.321. The highest BCUT2D eigenvalue weighted by Gasteiger charge is 2.36. The number of aliphatic carboxylic acids is 1. The zero-order chi connectivity index (χ0) is 14.6. The molecule has 0 aromatic rings. The lowest BCUT2D eigenvalue weighted by Crippen LogP contribution is -2.59. The van der Waals surface area contributed by atoms with Gasteiger partial charge in [0.15, 0.2) is 0 Å². The molecule has 1 fully saturated rings. The zero-order valence-corrected chi connectivity index (χ0v) is 12.0. The van der Waals surface area contributed by atoms with Crippen molar-refractivity contribution >= 4 is 11.9 Å². The third-order valence-electron chi connectivity index (χ3n) is 3.54. The third-order valence-corrected chi connectivity index (χ3v) is 3.54. The number of carbonyl (C=O) groups excluding carboxylic acids is 1. The van der Waals surface area contributed by atoms with Gasteiger partial charge in [-0.15, -0.1) is 0 Å². The molecule has 1 aliphatic heterocycles. The van der Waals surface area contributed by atoms with Crippen LogP contribution in [0.1, 0.15) is 27.7 Å². The summed E-state index contributed by atoms with van der Waals surface area (Å²) in [5, 5.41) is 12.0. The third kappa shape index (κ3) is 4.18. The van der Waals surface area contributed by atoms with Crippen LogP contribution in [0.2, 0.25) is 0 Å². The van der Waals surface area contributed by atoms with Gasteiger partial charge in [-0.25, -0.2) is 0 Å². The van der Waals surface area contributed by atoms with E-state index in [1.54, 1.807) is 6.92 Å². The number of hydrogen-bond donors (Lipinski definition) is 2. The van der Waals surface area contributed by atoms with E-state index < -0.39 is 17.9 Å². The largest absolute Gasteiger partial charge is 0.481 e. The van der Waals surface area contributed by atoms with Gasteiger partial charge in [-0.05, 0) is 20.8 Å². The van der Waals surface area contributed by atoms with Gasteiger partial charge in [0.2, 0.25) is 5.91 Å². The van der Waals surface area contributed by atoms with E-state index in [4.69, 9.17) is 9.84 Å². The van der Waals surface area contributed by atoms with E-state index in [0.717, 1.165) is 0 Å². The number of amides is 1. The highest BCUT2D eigenvalue weighted by molar-refractivity contribution is 5.82. The first-order chi connectivity index (χ1) is 8.84. The van der Waals surface area contributed by atoms with Crippen LogP contribution >= 0.6 is 0 Å². The average Bonchev–Trinajstić information content (AvgIpc) is 2.36. The summed E-state index contributed by atoms with van der Waals surface area (Å²) in [4.78, 5) is 25.1. The lowest BCUT2D eigenvalue weighted by Gasteiger charge is -2.40. The number of morpholine rings is 1. The molecule has 19 heavy (non-hydrogen) atoms. The van der Waals surface area contributed by atoms with Crippen LogP contribution in [0.25, 0.3) is 0 Å². The van der Waals surface area contributed by atoms with Crippen molar-refractivity contribution in [1.29, 1.82) is 0 Å². The first kappa shape index (κ1) is 15.9. The predicted molar refractivity (Wildman–Crippen MR) is 70.9 cm³/mol. The van der Waals surface area contributed by atoms with Crippen molar-refractivity contribution in [3.8, 4) is 0 Å². The Morgan fingerprint density at radius 2 is 1.95 bits per heavy atom. The molecule has 110 valence electrons. The van der Waals surface area contributed by atoms with Crippen LogP contribution < -0.4 is 5.32 Å². The second-order valence-corrected chi connectivity index (χ2v) is 5.36. The Balaban J connectivity index is 2.77. The van der Waals surface area contributed by atoms with Crippen molar-refractivity contribution in [3.05, 3.63) is 0 Å². The Bertz CT molecular complexity index is 333. The van der Waals surface area contributed by atoms with Gasteiger partial charge >= 0.3 is 5.97 Å². The molecule has 0 bridgehead atoms. The molecule has 1 amide bonds. The molecular formula is C13H24N2O4. The summed E-state index contributed by atoms with van der Waals surface area (Å²) in [6.07, 6.45) is 0. The molecular weight excluding hydrogens is 248 g/mol. The fourth-order valence-corrected chi connectivity index (χ4v) is 2.20. The number of nitrogens with one attached hydrogen (secondary N) is 1. The van der Waals surface area contributed by atoms with Crippen LogP contribution in [0.4, 0.5) is 0 Å². The Morgan fingerprint density at radius 1 is 1.32 bits per heavy atom. The van der Waals surface area contributed by atoms with Gasteiger partial charge in [0.1, 0.15) is 6.04 Å². The standard InChI is InChI=1S/C13H24N2O4/c1-8(2)14-12(16)11-7-19-6-5-15(11)10(4)9(3)13(17)18/h8-11H,5-7H2,1-4H3,(H,14,16)(H,17,18). The van der Waals surface area contributed by atoms with Gasteiger partial charge in [-0.1, -0.05) is 6.92 Å². The van der Waals surface area contributed by atoms with Crippen LogP contribution in [0, 0.1) is 5.92 Å². The van der Waals surface area contributed by atoms with Crippen LogP contribution in [0.15, 0.2) is 0 Å². The maximum Gasteiger partial charge on any atom is 0.307 e. The van der Waals surface area contributed by atoms with Gasteiger partial charge < -0.3 is 15.2 Å². The minimum absolute atomic E-state index is 0.0588. The van der Waals surface area contributed by atoms with Crippen molar-refractivity contribution in [2.24, 2.45) is 5.92 Å². The molecule has 0 aromatic heterocycles. The van der Waals surface area contributed by atoms with Gasteiger partial charge in [0.05, 0.1) is 19.1 Å². The highest BCUT2D eigenvalue weighted by atomic mass is 16.5. The molecule has 1 aliphatic rings. The highest BCUT2D eigenvalue weighted by Crippen LogP contribution is 2.18. The van der Waals surface area contributed by atoms with E-state index in [1.165, 1.54) is 0 Å². The molecule has 1 heterocycles. The fraction of sp³-hybridized carbons (Fsp3) is 0.846. The van der Waals surface area contributed by atoms with E-state index in [-0.39, 0.29) is 18.0 Å². The molecule has 6 heteroatoms. The van der Waals surface area contributed by atoms with E-state index in [0.29, 0.717) is 19.8 Å². The van der Waals surface area contributed by atoms with Crippen molar-refractivity contribution in [2.75, 3.05) is 19.8 Å². The first-order valence-corrected chi connectivity index (χ1v) is 6.71. The van der Waals surface area contributed by atoms with Crippen molar-refractivity contribution in [3.63, 3.8) is 0 Å². The molecule has 3 unspecified atom stereocenters. The smallest absolute Gasteiger partial charge is 0.307 e. The number of ether oxygens (including phenoxy) is 1. The van der Waals surface area contributed by atoms with Crippen LogP contribution in [-0.2, 0) is 14.3 Å². The van der Waals surface area contributed by atoms with Gasteiger partial charge in [-0.3, -0.25) is 14.5 Å². The Hall–Kier alpha value is -1.14. The quantitative estimate of drug-likeness (QED) is 0.753. The monoisotopic (exact) mass is 272 g/mol. The molecule has 0 spiro atoms. The number of carboxylic acids is 1. The van der Waals surface area contributed by atoms with Crippen molar-refractivity contribution in [2.45, 2.75) is 45.8 Å². The number of hydrogen-bond acceptors (Lipinski definition) is 4. The molecule has 0 aliphatic carbocycles. The zero-order valence-electron chi connectivity index (χ0n) is 12.0. The molecule has 0 aromatic carbocycles. The van der Waals surface area contributed by atoms with Crippen LogP contribution in [0.5, 0.6) is 0 Å². The summed E-state index contributed by atoms with van der Waals surface area (Å²) < 4.78 is 5.36. The van der Waals surface area contributed by atoms with Gasteiger partial charge in [0, 0.05) is 18.6 Å². The van der Waals surface area contributed by atoms with E-state index >= 15 is 0 Å². The number of carboxylic acid groups (broad SMARTS) is 1. The van der Waals surface area contributed by atoms with Gasteiger partial charge in [0.25, 0.3) is 0 Å². The van der Waals surface area contributed by atoms with Crippen LogP contribution in [-0.4, -0.2) is 59.8 Å². The maximum atomic E-state index is 12.1. The summed E-state index contributed by atoms with van der Waals surface area (Å²) in [6.45, 7) is 8.73. The minimum Gasteiger partial charge on any atom is -0.481 e. The Morgan fingerprint density at radius 3 is 2.47 bits per heavy atom. The molecule has 1 rings (SSSR count). The molecule has 1 saturated heterocycles. The van der Waals surface area contributed by atoms with Crippen molar-refractivity contribution < 1.29 is 19.4 Å². The lowest BCUT2D eigenvalue weighted by atomic mass is 9.99. The summed E-state index contributed by atoms with van der Waals surface area (Å²) in [5.41, 5.74) is 0. The molecule has 0 saturated carbocycles. The average molecular weight is 272 g/mol. The SMILES string of the molecule is CC(C)NC(=O)C1COCCN1C(C)C(C)C(=O)O. The molecule has 6 nitrogen and oxygen atoms in total. The molecule has 3 atom stereocenters. The van der Waals surface area contributed by atoms with E-state index in [2.05, 4.69) is 5.32 Å². The van der Waals surface area contributed by atoms with Crippen molar-refractivity contribution in [1.82, 2.24) is 10.2 Å². The summed E-state index contributed by atoms with van der Waals surface area (Å²) in [7, 11) is 0. The first-order valence-electron chi connectivity index (χ1n) is 6.71. The molecule has 2 N–H and O–H groups in total. The van der Waals surface area contributed by atoms with Crippen LogP contribution in [0.3, 0.4) is 0 Å². The minimum atomic E-state index is -0.845. The summed E-state index contributed by atoms with van der Waals surface area (Å²) >= 11 is 0. The number of carbonyl (C=O) groups is 2. The normalized spacial score (nSPS) is 23.9. The lowest BCUT2D eigenvalue weighted by molar-refractivity contribution is -0.148.